The Kier molecular flexibility index (Phi) is 4.56. The van der Waals surface area contributed by atoms with Crippen molar-refractivity contribution in [2.45, 2.75) is 12.5 Å². The number of carbonyl (C=O) groups excluding carboxylic acids is 1. The van der Waals surface area contributed by atoms with Gasteiger partial charge in [0.1, 0.15) is 0 Å². The molecule has 0 aliphatic rings. The fraction of sp³-hybridized carbons (Fsp3) is 0.308. The highest BCUT2D eigenvalue weighted by Gasteiger charge is 2.16. The molecule has 1 atom stereocenters. The molecule has 1 rings (SSSR count). The third-order valence-electron chi connectivity index (χ3n) is 2.34. The lowest BCUT2D eigenvalue weighted by Gasteiger charge is -2.11. The van der Waals surface area contributed by atoms with E-state index in [0.29, 0.717) is 17.1 Å². The average Bonchev–Trinajstić information content (AvgIpc) is 2.37. The largest absolute Gasteiger partial charge is 0.493 e. The van der Waals surface area contributed by atoms with Gasteiger partial charge in [-0.15, -0.1) is 12.3 Å². The first-order chi connectivity index (χ1) is 8.13. The van der Waals surface area contributed by atoms with Crippen LogP contribution in [-0.4, -0.2) is 26.0 Å². The van der Waals surface area contributed by atoms with E-state index < -0.39 is 6.04 Å². The van der Waals surface area contributed by atoms with Gasteiger partial charge in [0, 0.05) is 12.0 Å². The molecule has 4 heteroatoms. The van der Waals surface area contributed by atoms with E-state index in [2.05, 4.69) is 5.92 Å². The number of hydrogen-bond acceptors (Lipinski definition) is 4. The van der Waals surface area contributed by atoms with Crippen LogP contribution < -0.4 is 15.2 Å². The molecular weight excluding hydrogens is 218 g/mol. The number of nitrogens with two attached hydrogens (primary N) is 1. The Morgan fingerprint density at radius 1 is 1.41 bits per heavy atom. The first-order valence-electron chi connectivity index (χ1n) is 5.09. The van der Waals surface area contributed by atoms with E-state index in [-0.39, 0.29) is 12.2 Å². The van der Waals surface area contributed by atoms with Crippen LogP contribution >= 0.6 is 0 Å². The van der Waals surface area contributed by atoms with Crippen molar-refractivity contribution in [2.24, 2.45) is 5.73 Å². The number of hydrogen-bond donors (Lipinski definition) is 1. The summed E-state index contributed by atoms with van der Waals surface area (Å²) < 4.78 is 10.2. The Morgan fingerprint density at radius 3 is 2.59 bits per heavy atom. The Balaban J connectivity index is 3.00. The van der Waals surface area contributed by atoms with Crippen molar-refractivity contribution in [1.29, 1.82) is 0 Å². The molecule has 1 unspecified atom stereocenters. The second-order valence-electron chi connectivity index (χ2n) is 3.45. The van der Waals surface area contributed by atoms with Crippen LogP contribution in [-0.2, 0) is 0 Å². The van der Waals surface area contributed by atoms with Crippen molar-refractivity contribution in [3.8, 4) is 23.8 Å². The molecule has 0 saturated carbocycles. The van der Waals surface area contributed by atoms with Gasteiger partial charge < -0.3 is 15.2 Å². The standard InChI is InChI=1S/C13H15NO3/c1-4-5-10(14)13(15)9-6-7-11(16-2)12(8-9)17-3/h1,6-8,10H,5,14H2,2-3H3. The van der Waals surface area contributed by atoms with Gasteiger partial charge in [0.25, 0.3) is 0 Å². The van der Waals surface area contributed by atoms with Crippen molar-refractivity contribution in [2.75, 3.05) is 14.2 Å². The predicted molar refractivity (Wildman–Crippen MR) is 65.3 cm³/mol. The van der Waals surface area contributed by atoms with Crippen LogP contribution in [0.4, 0.5) is 0 Å². The van der Waals surface area contributed by atoms with Crippen molar-refractivity contribution in [3.63, 3.8) is 0 Å². The van der Waals surface area contributed by atoms with Gasteiger partial charge in [0.05, 0.1) is 20.3 Å². The maximum atomic E-state index is 11.9. The molecule has 2 N–H and O–H groups in total. The molecule has 0 aliphatic carbocycles. The van der Waals surface area contributed by atoms with E-state index in [1.165, 1.54) is 14.2 Å². The highest BCUT2D eigenvalue weighted by atomic mass is 16.5. The van der Waals surface area contributed by atoms with E-state index >= 15 is 0 Å². The summed E-state index contributed by atoms with van der Waals surface area (Å²) in [6.45, 7) is 0. The average molecular weight is 233 g/mol. The van der Waals surface area contributed by atoms with Crippen LogP contribution in [0.1, 0.15) is 16.8 Å². The lowest BCUT2D eigenvalue weighted by molar-refractivity contribution is 0.0962. The normalized spacial score (nSPS) is 11.4. The summed E-state index contributed by atoms with van der Waals surface area (Å²) >= 11 is 0. The van der Waals surface area contributed by atoms with Crippen LogP contribution in [0.5, 0.6) is 11.5 Å². The first kappa shape index (κ1) is 13.1. The van der Waals surface area contributed by atoms with Crippen LogP contribution in [0.15, 0.2) is 18.2 Å². The third kappa shape index (κ3) is 2.99. The molecule has 0 aliphatic heterocycles. The minimum atomic E-state index is -0.682. The van der Waals surface area contributed by atoms with Crippen molar-refractivity contribution >= 4 is 5.78 Å². The molecular formula is C13H15NO3. The van der Waals surface area contributed by atoms with Crippen LogP contribution in [0.25, 0.3) is 0 Å². The quantitative estimate of drug-likeness (QED) is 0.614. The van der Waals surface area contributed by atoms with Gasteiger partial charge >= 0.3 is 0 Å². The minimum absolute atomic E-state index is 0.205. The molecule has 0 radical (unpaired) electrons. The number of ketones is 1. The van der Waals surface area contributed by atoms with Gasteiger partial charge in [0.15, 0.2) is 17.3 Å². The molecule has 4 nitrogen and oxygen atoms in total. The number of rotatable bonds is 5. The lowest BCUT2D eigenvalue weighted by atomic mass is 10.0. The van der Waals surface area contributed by atoms with E-state index in [0.717, 1.165) is 0 Å². The summed E-state index contributed by atoms with van der Waals surface area (Å²) in [6.07, 6.45) is 5.34. The van der Waals surface area contributed by atoms with Gasteiger partial charge in [0.2, 0.25) is 0 Å². The summed E-state index contributed by atoms with van der Waals surface area (Å²) in [5.74, 6) is 3.22. The lowest BCUT2D eigenvalue weighted by Crippen LogP contribution is -2.29. The summed E-state index contributed by atoms with van der Waals surface area (Å²) in [5.41, 5.74) is 6.12. The van der Waals surface area contributed by atoms with Crippen molar-refractivity contribution in [3.05, 3.63) is 23.8 Å². The molecule has 0 heterocycles. The molecule has 0 fully saturated rings. The SMILES string of the molecule is C#CCC(N)C(=O)c1ccc(OC)c(OC)c1. The van der Waals surface area contributed by atoms with Gasteiger partial charge in [-0.2, -0.15) is 0 Å². The van der Waals surface area contributed by atoms with Crippen molar-refractivity contribution in [1.82, 2.24) is 0 Å². The molecule has 0 amide bonds. The molecule has 90 valence electrons. The van der Waals surface area contributed by atoms with Gasteiger partial charge in [-0.25, -0.2) is 0 Å². The molecule has 0 aromatic heterocycles. The van der Waals surface area contributed by atoms with Crippen LogP contribution in [0.2, 0.25) is 0 Å². The van der Waals surface area contributed by atoms with E-state index in [1.807, 2.05) is 0 Å². The molecule has 1 aromatic rings. The zero-order chi connectivity index (χ0) is 12.8. The summed E-state index contributed by atoms with van der Waals surface area (Å²) in [5, 5.41) is 0. The smallest absolute Gasteiger partial charge is 0.180 e. The Labute approximate surface area is 101 Å². The first-order valence-corrected chi connectivity index (χ1v) is 5.09. The number of methoxy groups -OCH3 is 2. The monoisotopic (exact) mass is 233 g/mol. The van der Waals surface area contributed by atoms with E-state index in [9.17, 15) is 4.79 Å². The van der Waals surface area contributed by atoms with Crippen molar-refractivity contribution < 1.29 is 14.3 Å². The molecule has 1 aromatic carbocycles. The number of benzene rings is 1. The second kappa shape index (κ2) is 5.92. The third-order valence-corrected chi connectivity index (χ3v) is 2.34. The maximum Gasteiger partial charge on any atom is 0.180 e. The summed E-state index contributed by atoms with van der Waals surface area (Å²) in [6, 6.07) is 4.21. The van der Waals surface area contributed by atoms with E-state index in [1.54, 1.807) is 18.2 Å². The molecule has 0 spiro atoms. The van der Waals surface area contributed by atoms with Gasteiger partial charge in [-0.05, 0) is 18.2 Å². The van der Waals surface area contributed by atoms with Crippen LogP contribution in [0.3, 0.4) is 0 Å². The molecule has 0 saturated heterocycles. The number of Topliss-reactive ketones (excluding diaryl/α,β-unsaturated/α-hetero) is 1. The predicted octanol–water partition coefficient (Wildman–Crippen LogP) is 1.24. The second-order valence-corrected chi connectivity index (χ2v) is 3.45. The number of carbonyl (C=O) groups is 1. The zero-order valence-electron chi connectivity index (χ0n) is 9.90. The maximum absolute atomic E-state index is 11.9. The van der Waals surface area contributed by atoms with E-state index in [4.69, 9.17) is 21.6 Å². The van der Waals surface area contributed by atoms with Crippen LogP contribution in [0, 0.1) is 12.3 Å². The fourth-order valence-corrected chi connectivity index (χ4v) is 1.42. The topological polar surface area (TPSA) is 61.6 Å². The summed E-state index contributed by atoms with van der Waals surface area (Å²) in [4.78, 5) is 11.9. The number of terminal acetylenes is 1. The summed E-state index contributed by atoms with van der Waals surface area (Å²) in [7, 11) is 3.04. The molecule has 17 heavy (non-hydrogen) atoms. The Hall–Kier alpha value is -1.99. The number of ether oxygens (including phenoxy) is 2. The molecule has 0 bridgehead atoms. The zero-order valence-corrected chi connectivity index (χ0v) is 9.90. The minimum Gasteiger partial charge on any atom is -0.493 e. The Bertz CT molecular complexity index is 448. The fourth-order valence-electron chi connectivity index (χ4n) is 1.42. The van der Waals surface area contributed by atoms with Gasteiger partial charge in [-0.1, -0.05) is 0 Å². The highest BCUT2D eigenvalue weighted by molar-refractivity contribution is 6.00. The highest BCUT2D eigenvalue weighted by Crippen LogP contribution is 2.27. The Morgan fingerprint density at radius 2 is 2.06 bits per heavy atom. The van der Waals surface area contributed by atoms with Gasteiger partial charge in [-0.3, -0.25) is 4.79 Å².